The molecule has 0 amide bonds. The van der Waals surface area contributed by atoms with Crippen LogP contribution in [0.5, 0.6) is 0 Å². The van der Waals surface area contributed by atoms with Crippen LogP contribution in [0, 0.1) is 0 Å². The van der Waals surface area contributed by atoms with E-state index >= 15 is 0 Å². The minimum atomic E-state index is -0.158. The van der Waals surface area contributed by atoms with E-state index in [0.717, 1.165) is 0 Å². The van der Waals surface area contributed by atoms with Crippen LogP contribution in [0.25, 0.3) is 5.65 Å². The van der Waals surface area contributed by atoms with Crippen LogP contribution in [0.4, 0.5) is 0 Å². The number of halogens is 1. The van der Waals surface area contributed by atoms with Crippen LogP contribution in [0.3, 0.4) is 0 Å². The second-order valence-corrected chi connectivity index (χ2v) is 2.87. The van der Waals surface area contributed by atoms with Crippen LogP contribution in [0.15, 0.2) is 12.5 Å². The quantitative estimate of drug-likeness (QED) is 0.638. The number of ketones is 1. The molecule has 0 atom stereocenters. The first-order chi connectivity index (χ1) is 6.20. The monoisotopic (exact) mass is 196 g/mol. The van der Waals surface area contributed by atoms with Gasteiger partial charge in [0.05, 0.1) is 6.20 Å². The van der Waals surface area contributed by atoms with E-state index in [1.54, 1.807) is 0 Å². The molecule has 2 aromatic heterocycles. The molecule has 5 nitrogen and oxygen atoms in total. The highest BCUT2D eigenvalue weighted by molar-refractivity contribution is 6.29. The van der Waals surface area contributed by atoms with Gasteiger partial charge in [-0.15, -0.1) is 0 Å². The van der Waals surface area contributed by atoms with Gasteiger partial charge in [0, 0.05) is 6.92 Å². The van der Waals surface area contributed by atoms with Crippen molar-refractivity contribution in [3.63, 3.8) is 0 Å². The van der Waals surface area contributed by atoms with Gasteiger partial charge >= 0.3 is 0 Å². The van der Waals surface area contributed by atoms with Gasteiger partial charge in [-0.1, -0.05) is 11.6 Å². The average molecular weight is 197 g/mol. The molecule has 0 fully saturated rings. The minimum absolute atomic E-state index is 0.158. The Kier molecular flexibility index (Phi) is 1.73. The summed E-state index contributed by atoms with van der Waals surface area (Å²) < 4.78 is 1.37. The van der Waals surface area contributed by atoms with Crippen LogP contribution < -0.4 is 0 Å². The molecular formula is C7H5ClN4O. The summed E-state index contributed by atoms with van der Waals surface area (Å²) in [7, 11) is 0. The Balaban J connectivity index is 2.86. The van der Waals surface area contributed by atoms with Crippen molar-refractivity contribution >= 4 is 23.0 Å². The van der Waals surface area contributed by atoms with Crippen molar-refractivity contribution in [1.82, 2.24) is 19.6 Å². The molecule has 0 bridgehead atoms. The van der Waals surface area contributed by atoms with Crippen molar-refractivity contribution in [1.29, 1.82) is 0 Å². The van der Waals surface area contributed by atoms with Crippen molar-refractivity contribution in [2.75, 3.05) is 0 Å². The SMILES string of the molecule is CC(=O)c1ncc(Cl)n2ncnc12. The maximum absolute atomic E-state index is 11.1. The van der Waals surface area contributed by atoms with E-state index in [1.807, 2.05) is 0 Å². The molecule has 66 valence electrons. The number of hydrogen-bond acceptors (Lipinski definition) is 4. The summed E-state index contributed by atoms with van der Waals surface area (Å²) in [6.07, 6.45) is 2.70. The number of Topliss-reactive ketones (excluding diaryl/α,β-unsaturated/α-hetero) is 1. The fourth-order valence-corrected chi connectivity index (χ4v) is 1.21. The van der Waals surface area contributed by atoms with E-state index in [-0.39, 0.29) is 11.5 Å². The fourth-order valence-electron chi connectivity index (χ4n) is 1.04. The lowest BCUT2D eigenvalue weighted by atomic mass is 10.3. The van der Waals surface area contributed by atoms with Gasteiger partial charge in [-0.25, -0.2) is 9.97 Å². The molecule has 13 heavy (non-hydrogen) atoms. The second kappa shape index (κ2) is 2.77. The molecule has 0 N–H and O–H groups in total. The van der Waals surface area contributed by atoms with E-state index in [0.29, 0.717) is 10.8 Å². The second-order valence-electron chi connectivity index (χ2n) is 2.48. The average Bonchev–Trinajstić information content (AvgIpc) is 2.53. The maximum atomic E-state index is 11.1. The number of rotatable bonds is 1. The van der Waals surface area contributed by atoms with E-state index in [2.05, 4.69) is 15.1 Å². The Morgan fingerprint density at radius 1 is 1.54 bits per heavy atom. The number of carbonyl (C=O) groups is 1. The van der Waals surface area contributed by atoms with Crippen LogP contribution in [0.2, 0.25) is 5.15 Å². The van der Waals surface area contributed by atoms with Crippen molar-refractivity contribution in [2.45, 2.75) is 6.92 Å². The van der Waals surface area contributed by atoms with Crippen LogP contribution in [-0.4, -0.2) is 25.4 Å². The minimum Gasteiger partial charge on any atom is -0.293 e. The summed E-state index contributed by atoms with van der Waals surface area (Å²) in [5, 5.41) is 4.17. The summed E-state index contributed by atoms with van der Waals surface area (Å²) in [4.78, 5) is 18.8. The van der Waals surface area contributed by atoms with Gasteiger partial charge < -0.3 is 0 Å². The fraction of sp³-hybridized carbons (Fsp3) is 0.143. The zero-order chi connectivity index (χ0) is 9.42. The maximum Gasteiger partial charge on any atom is 0.186 e. The van der Waals surface area contributed by atoms with Gasteiger partial charge in [-0.3, -0.25) is 4.79 Å². The van der Waals surface area contributed by atoms with Gasteiger partial charge in [0.2, 0.25) is 0 Å². The summed E-state index contributed by atoms with van der Waals surface area (Å²) in [5.74, 6) is -0.158. The molecule has 0 saturated carbocycles. The predicted octanol–water partition coefficient (Wildman–Crippen LogP) is 0.980. The van der Waals surface area contributed by atoms with Gasteiger partial charge in [-0.05, 0) is 0 Å². The van der Waals surface area contributed by atoms with E-state index in [4.69, 9.17) is 11.6 Å². The molecule has 0 radical (unpaired) electrons. The third-order valence-corrected chi connectivity index (χ3v) is 1.85. The van der Waals surface area contributed by atoms with Gasteiger partial charge in [-0.2, -0.15) is 9.61 Å². The highest BCUT2D eigenvalue weighted by Gasteiger charge is 2.11. The van der Waals surface area contributed by atoms with Gasteiger partial charge in [0.25, 0.3) is 0 Å². The molecular weight excluding hydrogens is 192 g/mol. The highest BCUT2D eigenvalue weighted by Crippen LogP contribution is 2.11. The molecule has 0 unspecified atom stereocenters. The molecule has 0 aromatic carbocycles. The lowest BCUT2D eigenvalue weighted by molar-refractivity contribution is 0.101. The first-order valence-electron chi connectivity index (χ1n) is 3.55. The Morgan fingerprint density at radius 2 is 2.31 bits per heavy atom. The molecule has 0 aliphatic rings. The molecule has 0 aliphatic heterocycles. The zero-order valence-electron chi connectivity index (χ0n) is 6.73. The smallest absolute Gasteiger partial charge is 0.186 e. The Bertz CT molecular complexity index is 478. The normalized spacial score (nSPS) is 10.6. The summed E-state index contributed by atoms with van der Waals surface area (Å²) in [6, 6.07) is 0. The third-order valence-electron chi connectivity index (χ3n) is 1.60. The number of nitrogens with zero attached hydrogens (tertiary/aromatic N) is 4. The molecule has 2 heterocycles. The topological polar surface area (TPSA) is 60.2 Å². The van der Waals surface area contributed by atoms with Crippen molar-refractivity contribution in [2.24, 2.45) is 0 Å². The first-order valence-corrected chi connectivity index (χ1v) is 3.93. The van der Waals surface area contributed by atoms with Crippen molar-refractivity contribution in [3.8, 4) is 0 Å². The largest absolute Gasteiger partial charge is 0.293 e. The number of aromatic nitrogens is 4. The Labute approximate surface area is 78.4 Å². The Hall–Kier alpha value is -1.49. The standard InChI is InChI=1S/C7H5ClN4O/c1-4(13)6-7-10-3-11-12(7)5(8)2-9-6/h2-3H,1H3. The molecule has 2 rings (SSSR count). The molecule has 0 aliphatic carbocycles. The van der Waals surface area contributed by atoms with Crippen molar-refractivity contribution < 1.29 is 4.79 Å². The van der Waals surface area contributed by atoms with Crippen LogP contribution in [0.1, 0.15) is 17.4 Å². The molecule has 2 aromatic rings. The summed E-state index contributed by atoms with van der Waals surface area (Å²) in [6.45, 7) is 1.42. The van der Waals surface area contributed by atoms with Gasteiger partial charge in [0.15, 0.2) is 22.3 Å². The van der Waals surface area contributed by atoms with Crippen molar-refractivity contribution in [3.05, 3.63) is 23.4 Å². The van der Waals surface area contributed by atoms with Crippen LogP contribution >= 0.6 is 11.6 Å². The predicted molar refractivity (Wildman–Crippen MR) is 45.8 cm³/mol. The van der Waals surface area contributed by atoms with Crippen LogP contribution in [-0.2, 0) is 0 Å². The van der Waals surface area contributed by atoms with Gasteiger partial charge in [0.1, 0.15) is 6.33 Å². The van der Waals surface area contributed by atoms with E-state index < -0.39 is 0 Å². The molecule has 6 heteroatoms. The zero-order valence-corrected chi connectivity index (χ0v) is 7.49. The van der Waals surface area contributed by atoms with E-state index in [9.17, 15) is 4.79 Å². The first kappa shape index (κ1) is 8.12. The molecule has 0 saturated heterocycles. The number of carbonyl (C=O) groups excluding carboxylic acids is 1. The lowest BCUT2D eigenvalue weighted by Gasteiger charge is -1.98. The lowest BCUT2D eigenvalue weighted by Crippen LogP contribution is -2.02. The summed E-state index contributed by atoms with van der Waals surface area (Å²) in [5.41, 5.74) is 0.668. The number of fused-ring (bicyclic) bond motifs is 1. The Morgan fingerprint density at radius 3 is 3.00 bits per heavy atom. The summed E-state index contributed by atoms with van der Waals surface area (Å²) >= 11 is 5.76. The van der Waals surface area contributed by atoms with E-state index in [1.165, 1.54) is 24.0 Å². The number of hydrogen-bond donors (Lipinski definition) is 0. The third kappa shape index (κ3) is 1.17. The highest BCUT2D eigenvalue weighted by atomic mass is 35.5. The molecule has 0 spiro atoms.